The lowest BCUT2D eigenvalue weighted by molar-refractivity contribution is -0.140. The molecule has 18 heavy (non-hydrogen) atoms. The van der Waals surface area contributed by atoms with Gasteiger partial charge in [0.1, 0.15) is 18.4 Å². The molecular weight excluding hydrogens is 238 g/mol. The van der Waals surface area contributed by atoms with Crippen molar-refractivity contribution in [2.45, 2.75) is 26.5 Å². The Morgan fingerprint density at radius 3 is 2.61 bits per heavy atom. The number of amides is 1. The summed E-state index contributed by atoms with van der Waals surface area (Å²) in [6.45, 7) is 3.70. The zero-order valence-corrected chi connectivity index (χ0v) is 10.6. The molecule has 0 aromatic carbocycles. The van der Waals surface area contributed by atoms with Crippen LogP contribution in [0.5, 0.6) is 0 Å². The number of carboxylic acids is 1. The molecule has 1 amide bonds. The van der Waals surface area contributed by atoms with Gasteiger partial charge in [0.2, 0.25) is 0 Å². The summed E-state index contributed by atoms with van der Waals surface area (Å²) in [5.74, 6) is -1.23. The number of aliphatic carboxylic acids is 1. The second-order valence-electron chi connectivity index (χ2n) is 4.23. The second kappa shape index (κ2) is 6.20. The Bertz CT molecular complexity index is 424. The average molecular weight is 255 g/mol. The molecule has 6 heteroatoms. The molecule has 0 bridgehead atoms. The normalized spacial score (nSPS) is 12.4. The van der Waals surface area contributed by atoms with Gasteiger partial charge in [-0.25, -0.2) is 4.79 Å². The first-order valence-electron chi connectivity index (χ1n) is 5.57. The van der Waals surface area contributed by atoms with Gasteiger partial charge in [0.25, 0.3) is 5.91 Å². The van der Waals surface area contributed by atoms with E-state index in [0.29, 0.717) is 5.76 Å². The minimum absolute atomic E-state index is 0.0777. The predicted molar refractivity (Wildman–Crippen MR) is 63.1 cm³/mol. The van der Waals surface area contributed by atoms with E-state index in [1.54, 1.807) is 19.9 Å². The van der Waals surface area contributed by atoms with E-state index >= 15 is 0 Å². The van der Waals surface area contributed by atoms with Gasteiger partial charge < -0.3 is 19.6 Å². The number of methoxy groups -OCH3 is 1. The Morgan fingerprint density at radius 2 is 2.11 bits per heavy atom. The fourth-order valence-electron chi connectivity index (χ4n) is 1.45. The smallest absolute Gasteiger partial charge is 0.326 e. The minimum Gasteiger partial charge on any atom is -0.480 e. The van der Waals surface area contributed by atoms with Crippen LogP contribution < -0.4 is 5.32 Å². The number of carbonyl (C=O) groups is 2. The Labute approximate surface area is 105 Å². The monoisotopic (exact) mass is 255 g/mol. The molecule has 1 atom stereocenters. The summed E-state index contributed by atoms with van der Waals surface area (Å²) >= 11 is 0. The molecule has 0 aliphatic heterocycles. The number of ether oxygens (including phenoxy) is 1. The Balaban J connectivity index is 2.71. The van der Waals surface area contributed by atoms with Crippen molar-refractivity contribution in [1.82, 2.24) is 5.32 Å². The largest absolute Gasteiger partial charge is 0.480 e. The van der Waals surface area contributed by atoms with Gasteiger partial charge in [-0.2, -0.15) is 0 Å². The topological polar surface area (TPSA) is 88.8 Å². The van der Waals surface area contributed by atoms with E-state index in [0.717, 1.165) is 0 Å². The molecule has 1 rings (SSSR count). The summed E-state index contributed by atoms with van der Waals surface area (Å²) in [4.78, 5) is 22.7. The van der Waals surface area contributed by atoms with Crippen LogP contribution in [0, 0.1) is 5.92 Å². The van der Waals surface area contributed by atoms with Crippen LogP contribution in [0.1, 0.15) is 30.2 Å². The molecule has 1 aromatic heterocycles. The van der Waals surface area contributed by atoms with Gasteiger partial charge in [-0.3, -0.25) is 4.79 Å². The summed E-state index contributed by atoms with van der Waals surface area (Å²) in [7, 11) is 1.52. The standard InChI is InChI=1S/C12H17NO5/c1-7(2)10(12(15)16)13-11(14)9-5-4-8(18-9)6-17-3/h4-5,7,10H,6H2,1-3H3,(H,13,14)(H,15,16)/t10-/m1/s1. The van der Waals surface area contributed by atoms with Crippen LogP contribution in [0.3, 0.4) is 0 Å². The Kier molecular flexibility index (Phi) is 4.91. The lowest BCUT2D eigenvalue weighted by atomic mass is 10.0. The summed E-state index contributed by atoms with van der Waals surface area (Å²) in [6, 6.07) is 2.17. The van der Waals surface area contributed by atoms with Crippen molar-refractivity contribution in [1.29, 1.82) is 0 Å². The zero-order chi connectivity index (χ0) is 13.7. The molecule has 6 nitrogen and oxygen atoms in total. The zero-order valence-electron chi connectivity index (χ0n) is 10.6. The van der Waals surface area contributed by atoms with Gasteiger partial charge in [-0.15, -0.1) is 0 Å². The number of nitrogens with one attached hydrogen (secondary N) is 1. The Hall–Kier alpha value is -1.82. The maximum Gasteiger partial charge on any atom is 0.326 e. The molecule has 0 fully saturated rings. The number of rotatable bonds is 6. The fourth-order valence-corrected chi connectivity index (χ4v) is 1.45. The summed E-state index contributed by atoms with van der Waals surface area (Å²) in [6.07, 6.45) is 0. The lowest BCUT2D eigenvalue weighted by Crippen LogP contribution is -2.44. The molecule has 2 N–H and O–H groups in total. The van der Waals surface area contributed by atoms with E-state index in [9.17, 15) is 9.59 Å². The van der Waals surface area contributed by atoms with Crippen LogP contribution in [-0.4, -0.2) is 30.1 Å². The highest BCUT2D eigenvalue weighted by atomic mass is 16.5. The number of carbonyl (C=O) groups excluding carboxylic acids is 1. The fraction of sp³-hybridized carbons (Fsp3) is 0.500. The van der Waals surface area contributed by atoms with Crippen LogP contribution >= 0.6 is 0 Å². The third-order valence-electron chi connectivity index (χ3n) is 2.39. The second-order valence-corrected chi connectivity index (χ2v) is 4.23. The van der Waals surface area contributed by atoms with Crippen LogP contribution in [0.25, 0.3) is 0 Å². The van der Waals surface area contributed by atoms with E-state index in [1.165, 1.54) is 13.2 Å². The third-order valence-corrected chi connectivity index (χ3v) is 2.39. The van der Waals surface area contributed by atoms with Crippen molar-refractivity contribution < 1.29 is 23.8 Å². The maximum absolute atomic E-state index is 11.8. The molecule has 0 aliphatic rings. The molecule has 0 saturated carbocycles. The molecule has 100 valence electrons. The van der Waals surface area contributed by atoms with Crippen molar-refractivity contribution in [3.63, 3.8) is 0 Å². The van der Waals surface area contributed by atoms with E-state index in [2.05, 4.69) is 5.32 Å². The maximum atomic E-state index is 11.8. The van der Waals surface area contributed by atoms with Crippen molar-refractivity contribution >= 4 is 11.9 Å². The number of hydrogen-bond acceptors (Lipinski definition) is 4. The van der Waals surface area contributed by atoms with Gasteiger partial charge in [0, 0.05) is 7.11 Å². The lowest BCUT2D eigenvalue weighted by Gasteiger charge is -2.16. The van der Waals surface area contributed by atoms with Crippen LogP contribution in [0.4, 0.5) is 0 Å². The van der Waals surface area contributed by atoms with Crippen molar-refractivity contribution in [3.05, 3.63) is 23.7 Å². The van der Waals surface area contributed by atoms with Gasteiger partial charge in [0.15, 0.2) is 5.76 Å². The molecule has 1 heterocycles. The van der Waals surface area contributed by atoms with Crippen molar-refractivity contribution in [2.24, 2.45) is 5.92 Å². The molecule has 0 spiro atoms. The van der Waals surface area contributed by atoms with Crippen molar-refractivity contribution in [2.75, 3.05) is 7.11 Å². The average Bonchev–Trinajstić information content (AvgIpc) is 2.73. The minimum atomic E-state index is -1.07. The van der Waals surface area contributed by atoms with Gasteiger partial charge >= 0.3 is 5.97 Å². The van der Waals surface area contributed by atoms with Crippen molar-refractivity contribution in [3.8, 4) is 0 Å². The highest BCUT2D eigenvalue weighted by Gasteiger charge is 2.25. The first-order chi connectivity index (χ1) is 8.45. The van der Waals surface area contributed by atoms with Gasteiger partial charge in [0.05, 0.1) is 0 Å². The van der Waals surface area contributed by atoms with Crippen LogP contribution in [-0.2, 0) is 16.1 Å². The SMILES string of the molecule is COCc1ccc(C(=O)N[C@@H](C(=O)O)C(C)C)o1. The summed E-state index contributed by atoms with van der Waals surface area (Å²) < 4.78 is 10.1. The van der Waals surface area contributed by atoms with E-state index in [4.69, 9.17) is 14.3 Å². The van der Waals surface area contributed by atoms with E-state index < -0.39 is 17.9 Å². The van der Waals surface area contributed by atoms with Crippen LogP contribution in [0.2, 0.25) is 0 Å². The molecule has 0 aliphatic carbocycles. The number of furan rings is 1. The van der Waals surface area contributed by atoms with Crippen LogP contribution in [0.15, 0.2) is 16.5 Å². The highest BCUT2D eigenvalue weighted by molar-refractivity contribution is 5.94. The first-order valence-corrected chi connectivity index (χ1v) is 5.57. The highest BCUT2D eigenvalue weighted by Crippen LogP contribution is 2.10. The van der Waals surface area contributed by atoms with E-state index in [1.807, 2.05) is 0 Å². The third kappa shape index (κ3) is 3.59. The molecular formula is C12H17NO5. The molecule has 0 saturated heterocycles. The predicted octanol–water partition coefficient (Wildman–Crippen LogP) is 1.26. The summed E-state index contributed by atoms with van der Waals surface area (Å²) in [5.41, 5.74) is 0. The number of carboxylic acid groups (broad SMARTS) is 1. The molecule has 0 unspecified atom stereocenters. The first kappa shape index (κ1) is 14.2. The number of hydrogen-bond donors (Lipinski definition) is 2. The van der Waals surface area contributed by atoms with Gasteiger partial charge in [-0.1, -0.05) is 13.8 Å². The molecule has 1 aromatic rings. The van der Waals surface area contributed by atoms with Gasteiger partial charge in [-0.05, 0) is 18.1 Å². The summed E-state index contributed by atoms with van der Waals surface area (Å²) in [5, 5.41) is 11.4. The quantitative estimate of drug-likeness (QED) is 0.799. The Morgan fingerprint density at radius 1 is 1.44 bits per heavy atom. The molecule has 0 radical (unpaired) electrons. The van der Waals surface area contributed by atoms with E-state index in [-0.39, 0.29) is 18.3 Å².